The summed E-state index contributed by atoms with van der Waals surface area (Å²) < 4.78 is 15.5. The average Bonchev–Trinajstić information content (AvgIpc) is 2.37. The molecule has 0 spiro atoms. The molecule has 0 radical (unpaired) electrons. The van der Waals surface area contributed by atoms with Crippen LogP contribution in [0.25, 0.3) is 0 Å². The molecule has 0 aliphatic rings. The minimum atomic E-state index is -2.51. The van der Waals surface area contributed by atoms with Crippen molar-refractivity contribution in [3.63, 3.8) is 0 Å². The van der Waals surface area contributed by atoms with Crippen LogP contribution >= 0.6 is 45.8 Å². The summed E-state index contributed by atoms with van der Waals surface area (Å²) in [6.07, 6.45) is 4.77. The Balaban J connectivity index is 2.42. The largest absolute Gasteiger partial charge is 0.337 e. The number of hydrogen-bond acceptors (Lipinski definition) is 4. The van der Waals surface area contributed by atoms with E-state index in [1.54, 1.807) is 30.7 Å². The number of rotatable bonds is 4. The van der Waals surface area contributed by atoms with Crippen LogP contribution in [0.4, 0.5) is 17.2 Å². The Hall–Kier alpha value is -0.640. The van der Waals surface area contributed by atoms with Gasteiger partial charge in [0.05, 0.1) is 22.6 Å². The number of para-hydroxylation sites is 1. The summed E-state index contributed by atoms with van der Waals surface area (Å²) >= 11 is 14.2. The average molecular weight is 459 g/mol. The van der Waals surface area contributed by atoms with Gasteiger partial charge >= 0.3 is 0 Å². The molecule has 1 aromatic carbocycles. The molecule has 0 aliphatic heterocycles. The quantitative estimate of drug-likeness (QED) is 0.371. The monoisotopic (exact) mass is 458 g/mol. The Morgan fingerprint density at radius 1 is 1.24 bits per heavy atom. The second-order valence-corrected chi connectivity index (χ2v) is 9.29. The summed E-state index contributed by atoms with van der Waals surface area (Å²) in [5.74, 6) is 0.462. The zero-order valence-corrected chi connectivity index (χ0v) is 15.8. The van der Waals surface area contributed by atoms with Crippen molar-refractivity contribution in [2.75, 3.05) is 22.6 Å². The lowest BCUT2D eigenvalue weighted by Gasteiger charge is -2.21. The van der Waals surface area contributed by atoms with Crippen molar-refractivity contribution in [1.82, 2.24) is 9.97 Å². The van der Waals surface area contributed by atoms with Crippen LogP contribution in [0.15, 0.2) is 24.4 Å². The van der Waals surface area contributed by atoms with Gasteiger partial charge in [-0.1, -0.05) is 29.3 Å². The highest BCUT2D eigenvalue weighted by molar-refractivity contribution is 14.1. The Bertz CT molecular complexity index is 722. The van der Waals surface area contributed by atoms with Crippen LogP contribution in [-0.2, 0) is 10.1 Å². The fraction of sp³-hybridized carbons (Fsp3) is 0.167. The first-order chi connectivity index (χ1) is 9.76. The predicted molar refractivity (Wildman–Crippen MR) is 99.5 cm³/mol. The minimum absolute atomic E-state index is 0.387. The van der Waals surface area contributed by atoms with Gasteiger partial charge in [-0.25, -0.2) is 9.97 Å². The summed E-state index contributed by atoms with van der Waals surface area (Å²) in [6.45, 7) is 0. The molecule has 0 atom stereocenters. The number of benzene rings is 1. The van der Waals surface area contributed by atoms with Crippen LogP contribution in [0.3, 0.4) is 0 Å². The standard InChI is InChI=1S/C12H13Cl2IN4OS/c1-21(2,20)19-10-7(13)4-3-5-9(10)17-11-8(14)6-16-12(15)18-11/h3-6,21H,1-2H3,(H,19,20)(H,16,17,18). The topological polar surface area (TPSA) is 66.9 Å². The molecule has 0 aliphatic carbocycles. The van der Waals surface area contributed by atoms with Crippen molar-refractivity contribution in [2.45, 2.75) is 0 Å². The maximum atomic E-state index is 12.0. The van der Waals surface area contributed by atoms with Crippen LogP contribution < -0.4 is 10.0 Å². The summed E-state index contributed by atoms with van der Waals surface area (Å²) in [4.78, 5) is 8.23. The van der Waals surface area contributed by atoms with E-state index >= 15 is 0 Å². The summed E-state index contributed by atoms with van der Waals surface area (Å²) in [5.41, 5.74) is 1.19. The molecule has 21 heavy (non-hydrogen) atoms. The molecule has 2 N–H and O–H groups in total. The van der Waals surface area contributed by atoms with E-state index in [1.807, 2.05) is 22.6 Å². The molecule has 0 amide bonds. The van der Waals surface area contributed by atoms with E-state index in [1.165, 1.54) is 6.20 Å². The number of nitrogens with zero attached hydrogens (tertiary/aromatic N) is 2. The number of hydrogen-bond donors (Lipinski definition) is 3. The molecule has 1 heterocycles. The molecule has 0 saturated heterocycles. The van der Waals surface area contributed by atoms with Gasteiger partial charge in [-0.15, -0.1) is 0 Å². The molecule has 0 saturated carbocycles. The lowest BCUT2D eigenvalue weighted by Crippen LogP contribution is -2.19. The molecular weight excluding hydrogens is 446 g/mol. The van der Waals surface area contributed by atoms with E-state index in [0.717, 1.165) is 0 Å². The number of thiol groups is 1. The van der Waals surface area contributed by atoms with Gasteiger partial charge in [0.25, 0.3) is 0 Å². The molecular formula is C12H13Cl2IN4OS. The molecule has 0 bridgehead atoms. The molecule has 5 nitrogen and oxygen atoms in total. The van der Waals surface area contributed by atoms with Crippen LogP contribution in [0.2, 0.25) is 10.0 Å². The Kier molecular flexibility index (Phi) is 5.29. The van der Waals surface area contributed by atoms with E-state index in [-0.39, 0.29) is 0 Å². The van der Waals surface area contributed by atoms with Gasteiger partial charge in [-0.05, 0) is 22.3 Å². The molecule has 9 heteroatoms. The molecule has 0 fully saturated rings. The third-order valence-corrected chi connectivity index (χ3v) is 4.24. The van der Waals surface area contributed by atoms with Crippen molar-refractivity contribution in [2.24, 2.45) is 0 Å². The van der Waals surface area contributed by atoms with Gasteiger partial charge in [0.15, 0.2) is 9.65 Å². The minimum Gasteiger partial charge on any atom is -0.337 e. The second kappa shape index (κ2) is 6.64. The highest BCUT2D eigenvalue weighted by Crippen LogP contribution is 2.34. The van der Waals surface area contributed by atoms with Crippen LogP contribution in [-0.4, -0.2) is 26.7 Å². The van der Waals surface area contributed by atoms with Gasteiger partial charge in [0, 0.05) is 35.1 Å². The van der Waals surface area contributed by atoms with Crippen LogP contribution in [0.5, 0.6) is 0 Å². The van der Waals surface area contributed by atoms with E-state index < -0.39 is 10.1 Å². The van der Waals surface area contributed by atoms with Gasteiger partial charge in [-0.2, -0.15) is 0 Å². The van der Waals surface area contributed by atoms with Crippen molar-refractivity contribution in [3.8, 4) is 0 Å². The Morgan fingerprint density at radius 3 is 2.62 bits per heavy atom. The molecule has 114 valence electrons. The Labute approximate surface area is 147 Å². The fourth-order valence-corrected chi connectivity index (χ4v) is 3.16. The van der Waals surface area contributed by atoms with Crippen molar-refractivity contribution in [3.05, 3.63) is 38.3 Å². The molecule has 1 aromatic heterocycles. The number of anilines is 3. The first kappa shape index (κ1) is 16.7. The highest BCUT2D eigenvalue weighted by atomic mass is 127. The number of aromatic nitrogens is 2. The summed E-state index contributed by atoms with van der Waals surface area (Å²) in [5, 5.41) is 3.94. The molecule has 0 unspecified atom stereocenters. The number of nitrogens with one attached hydrogen (secondary N) is 2. The maximum absolute atomic E-state index is 12.0. The van der Waals surface area contributed by atoms with E-state index in [9.17, 15) is 4.21 Å². The zero-order chi connectivity index (χ0) is 15.6. The maximum Gasteiger partial charge on any atom is 0.192 e. The van der Waals surface area contributed by atoms with Gasteiger partial charge in [0.2, 0.25) is 0 Å². The zero-order valence-electron chi connectivity index (χ0n) is 11.2. The third kappa shape index (κ3) is 4.67. The van der Waals surface area contributed by atoms with Crippen molar-refractivity contribution in [1.29, 1.82) is 0 Å². The fourth-order valence-electron chi connectivity index (χ4n) is 1.57. The predicted octanol–water partition coefficient (Wildman–Crippen LogP) is 3.73. The molecule has 2 aromatic rings. The third-order valence-electron chi connectivity index (χ3n) is 2.36. The molecule has 2 rings (SSSR count). The lowest BCUT2D eigenvalue weighted by molar-refractivity contribution is 0.682. The van der Waals surface area contributed by atoms with E-state index in [2.05, 4.69) is 20.0 Å². The SMILES string of the molecule is C[SH](C)(=O)Nc1c(Cl)cccc1Nc1nc(I)ncc1Cl. The summed E-state index contributed by atoms with van der Waals surface area (Å²) in [6, 6.07) is 5.30. The van der Waals surface area contributed by atoms with Gasteiger partial charge < -0.3 is 10.0 Å². The highest BCUT2D eigenvalue weighted by Gasteiger charge is 2.13. The Morgan fingerprint density at radius 2 is 1.95 bits per heavy atom. The van der Waals surface area contributed by atoms with Crippen LogP contribution in [0, 0.1) is 3.83 Å². The first-order valence-electron chi connectivity index (χ1n) is 5.83. The normalized spacial score (nSPS) is 12.0. The summed E-state index contributed by atoms with van der Waals surface area (Å²) in [7, 11) is -2.51. The second-order valence-electron chi connectivity index (χ2n) is 4.59. The number of halogens is 3. The van der Waals surface area contributed by atoms with Crippen molar-refractivity contribution < 1.29 is 4.21 Å². The van der Waals surface area contributed by atoms with E-state index in [4.69, 9.17) is 23.2 Å². The van der Waals surface area contributed by atoms with E-state index in [0.29, 0.717) is 31.1 Å². The van der Waals surface area contributed by atoms with Crippen LogP contribution in [0.1, 0.15) is 0 Å². The van der Waals surface area contributed by atoms with Gasteiger partial charge in [0.1, 0.15) is 5.02 Å². The van der Waals surface area contributed by atoms with Gasteiger partial charge in [-0.3, -0.25) is 4.21 Å². The smallest absolute Gasteiger partial charge is 0.192 e. The first-order valence-corrected chi connectivity index (χ1v) is 10.3. The lowest BCUT2D eigenvalue weighted by atomic mass is 10.2. The van der Waals surface area contributed by atoms with Crippen molar-refractivity contribution >= 4 is 73.1 Å².